The largest absolute Gasteiger partial charge is 0.455 e. The van der Waals surface area contributed by atoms with Gasteiger partial charge in [-0.15, -0.1) is 12.4 Å². The van der Waals surface area contributed by atoms with Crippen molar-refractivity contribution >= 4 is 28.3 Å². The number of halogens is 1. The lowest BCUT2D eigenvalue weighted by Gasteiger charge is -2.30. The molecule has 3 N–H and O–H groups in total. The highest BCUT2D eigenvalue weighted by Gasteiger charge is 2.33. The van der Waals surface area contributed by atoms with Gasteiger partial charge in [-0.1, -0.05) is 13.8 Å². The standard InChI is InChI=1S/C16H27N3O4S.ClH/c1-4-16(5-2,11-17)18-15(20)13-10-14(12(3)23-13)24(21,22)19-8-6-7-9-19;/h10H,4-9,11,17H2,1-3H3,(H,18,20);1H. The van der Waals surface area contributed by atoms with Crippen LogP contribution in [0, 0.1) is 6.92 Å². The van der Waals surface area contributed by atoms with Crippen LogP contribution in [-0.4, -0.2) is 43.8 Å². The van der Waals surface area contributed by atoms with Crippen LogP contribution in [0.3, 0.4) is 0 Å². The molecule has 0 atom stereocenters. The fourth-order valence-electron chi connectivity index (χ4n) is 2.97. The minimum Gasteiger partial charge on any atom is -0.455 e. The van der Waals surface area contributed by atoms with E-state index in [2.05, 4.69) is 5.32 Å². The molecule has 9 heteroatoms. The highest BCUT2D eigenvalue weighted by Crippen LogP contribution is 2.27. The molecule has 1 aromatic rings. The van der Waals surface area contributed by atoms with E-state index < -0.39 is 21.5 Å². The van der Waals surface area contributed by atoms with Crippen LogP contribution in [0.25, 0.3) is 0 Å². The Hall–Kier alpha value is -1.09. The molecular formula is C16H28ClN3O4S. The van der Waals surface area contributed by atoms with Gasteiger partial charge in [-0.05, 0) is 32.6 Å². The molecule has 1 fully saturated rings. The first kappa shape index (κ1) is 22.0. The summed E-state index contributed by atoms with van der Waals surface area (Å²) < 4.78 is 32.2. The number of hydrogen-bond donors (Lipinski definition) is 2. The Labute approximate surface area is 155 Å². The number of aryl methyl sites for hydroxylation is 1. The molecule has 0 saturated carbocycles. The minimum atomic E-state index is -3.61. The van der Waals surface area contributed by atoms with E-state index in [1.807, 2.05) is 13.8 Å². The van der Waals surface area contributed by atoms with Crippen molar-refractivity contribution < 1.29 is 17.6 Å². The fraction of sp³-hybridized carbons (Fsp3) is 0.688. The molecule has 0 spiro atoms. The molecule has 2 heterocycles. The predicted octanol–water partition coefficient (Wildman–Crippen LogP) is 2.04. The number of sulfonamides is 1. The van der Waals surface area contributed by atoms with Crippen LogP contribution >= 0.6 is 12.4 Å². The number of amides is 1. The quantitative estimate of drug-likeness (QED) is 0.737. The van der Waals surface area contributed by atoms with E-state index in [0.29, 0.717) is 32.5 Å². The van der Waals surface area contributed by atoms with Crippen molar-refractivity contribution in [2.75, 3.05) is 19.6 Å². The number of nitrogens with two attached hydrogens (primary N) is 1. The molecule has 0 unspecified atom stereocenters. The SMILES string of the molecule is CCC(CC)(CN)NC(=O)c1cc(S(=O)(=O)N2CCCC2)c(C)o1.Cl. The van der Waals surface area contributed by atoms with Crippen LogP contribution in [-0.2, 0) is 10.0 Å². The molecule has 7 nitrogen and oxygen atoms in total. The number of nitrogens with one attached hydrogen (secondary N) is 1. The second-order valence-electron chi connectivity index (χ2n) is 6.29. The summed E-state index contributed by atoms with van der Waals surface area (Å²) in [5, 5.41) is 2.89. The maximum Gasteiger partial charge on any atom is 0.287 e. The molecule has 0 radical (unpaired) electrons. The van der Waals surface area contributed by atoms with Crippen molar-refractivity contribution in [3.63, 3.8) is 0 Å². The average molecular weight is 394 g/mol. The Bertz CT molecular complexity index is 684. The zero-order chi connectivity index (χ0) is 18.0. The van der Waals surface area contributed by atoms with Gasteiger partial charge in [0.25, 0.3) is 5.91 Å². The van der Waals surface area contributed by atoms with Gasteiger partial charge < -0.3 is 15.5 Å². The molecule has 0 aliphatic carbocycles. The third-order valence-corrected chi connectivity index (χ3v) is 6.91. The average Bonchev–Trinajstić information content (AvgIpc) is 3.22. The van der Waals surface area contributed by atoms with Crippen LogP contribution < -0.4 is 11.1 Å². The molecule has 25 heavy (non-hydrogen) atoms. The van der Waals surface area contributed by atoms with E-state index >= 15 is 0 Å². The summed E-state index contributed by atoms with van der Waals surface area (Å²) in [6, 6.07) is 1.32. The maximum atomic E-state index is 12.7. The third-order valence-electron chi connectivity index (χ3n) is 4.90. The van der Waals surface area contributed by atoms with E-state index in [4.69, 9.17) is 10.2 Å². The lowest BCUT2D eigenvalue weighted by atomic mass is 9.93. The predicted molar refractivity (Wildman–Crippen MR) is 98.5 cm³/mol. The second kappa shape index (κ2) is 8.53. The molecule has 0 bridgehead atoms. The zero-order valence-corrected chi connectivity index (χ0v) is 16.6. The first-order valence-corrected chi connectivity index (χ1v) is 9.87. The summed E-state index contributed by atoms with van der Waals surface area (Å²) >= 11 is 0. The molecular weight excluding hydrogens is 366 g/mol. The Morgan fingerprint density at radius 3 is 2.36 bits per heavy atom. The molecule has 2 rings (SSSR count). The number of furan rings is 1. The Balaban J connectivity index is 0.00000312. The van der Waals surface area contributed by atoms with Crippen LogP contribution in [0.15, 0.2) is 15.4 Å². The van der Waals surface area contributed by atoms with Crippen LogP contribution in [0.5, 0.6) is 0 Å². The molecule has 1 saturated heterocycles. The van der Waals surface area contributed by atoms with Gasteiger partial charge in [0.2, 0.25) is 10.0 Å². The van der Waals surface area contributed by atoms with Crippen molar-refractivity contribution in [1.29, 1.82) is 0 Å². The summed E-state index contributed by atoms with van der Waals surface area (Å²) in [7, 11) is -3.61. The van der Waals surface area contributed by atoms with E-state index in [-0.39, 0.29) is 28.8 Å². The van der Waals surface area contributed by atoms with Crippen molar-refractivity contribution in [2.45, 2.75) is 56.9 Å². The van der Waals surface area contributed by atoms with E-state index in [0.717, 1.165) is 12.8 Å². The van der Waals surface area contributed by atoms with Crippen LogP contribution in [0.2, 0.25) is 0 Å². The zero-order valence-electron chi connectivity index (χ0n) is 15.0. The second-order valence-corrected chi connectivity index (χ2v) is 8.19. The van der Waals surface area contributed by atoms with Gasteiger partial charge in [0.15, 0.2) is 5.76 Å². The number of hydrogen-bond acceptors (Lipinski definition) is 5. The molecule has 1 amide bonds. The highest BCUT2D eigenvalue weighted by atomic mass is 35.5. The van der Waals surface area contributed by atoms with Crippen LogP contribution in [0.4, 0.5) is 0 Å². The Morgan fingerprint density at radius 1 is 1.32 bits per heavy atom. The molecule has 1 aliphatic heterocycles. The number of nitrogens with zero attached hydrogens (tertiary/aromatic N) is 1. The number of carbonyl (C=O) groups excluding carboxylic acids is 1. The fourth-order valence-corrected chi connectivity index (χ4v) is 4.65. The minimum absolute atomic E-state index is 0. The van der Waals surface area contributed by atoms with E-state index in [1.165, 1.54) is 10.4 Å². The van der Waals surface area contributed by atoms with Crippen LogP contribution in [0.1, 0.15) is 55.8 Å². The summed E-state index contributed by atoms with van der Waals surface area (Å²) in [6.07, 6.45) is 3.08. The number of rotatable bonds is 7. The first-order chi connectivity index (χ1) is 11.3. The monoisotopic (exact) mass is 393 g/mol. The van der Waals surface area contributed by atoms with Crippen molar-refractivity contribution in [2.24, 2.45) is 5.73 Å². The van der Waals surface area contributed by atoms with Crippen molar-refractivity contribution in [3.05, 3.63) is 17.6 Å². The topological polar surface area (TPSA) is 106 Å². The molecule has 0 aromatic carbocycles. The van der Waals surface area contributed by atoms with E-state index in [1.54, 1.807) is 6.92 Å². The van der Waals surface area contributed by atoms with Crippen molar-refractivity contribution in [1.82, 2.24) is 9.62 Å². The first-order valence-electron chi connectivity index (χ1n) is 8.43. The maximum absolute atomic E-state index is 12.7. The van der Waals surface area contributed by atoms with Gasteiger partial charge in [-0.25, -0.2) is 8.42 Å². The lowest BCUT2D eigenvalue weighted by Crippen LogP contribution is -2.52. The van der Waals surface area contributed by atoms with Gasteiger partial charge >= 0.3 is 0 Å². The normalized spacial score (nSPS) is 15.8. The summed E-state index contributed by atoms with van der Waals surface area (Å²) in [6.45, 7) is 6.80. The third kappa shape index (κ3) is 4.36. The number of carbonyl (C=O) groups is 1. The Morgan fingerprint density at radius 2 is 1.88 bits per heavy atom. The smallest absolute Gasteiger partial charge is 0.287 e. The van der Waals surface area contributed by atoms with Gasteiger partial charge in [0.05, 0.1) is 5.54 Å². The van der Waals surface area contributed by atoms with Crippen molar-refractivity contribution in [3.8, 4) is 0 Å². The summed E-state index contributed by atoms with van der Waals surface area (Å²) in [5.41, 5.74) is 5.29. The summed E-state index contributed by atoms with van der Waals surface area (Å²) in [5.74, 6) is -0.196. The highest BCUT2D eigenvalue weighted by molar-refractivity contribution is 7.89. The van der Waals surface area contributed by atoms with Gasteiger partial charge in [-0.2, -0.15) is 4.31 Å². The van der Waals surface area contributed by atoms with Gasteiger partial charge in [0, 0.05) is 25.7 Å². The molecule has 1 aliphatic rings. The lowest BCUT2D eigenvalue weighted by molar-refractivity contribution is 0.0865. The summed E-state index contributed by atoms with van der Waals surface area (Å²) in [4.78, 5) is 12.6. The molecule has 1 aromatic heterocycles. The van der Waals surface area contributed by atoms with Gasteiger partial charge in [-0.3, -0.25) is 4.79 Å². The molecule has 144 valence electrons. The van der Waals surface area contributed by atoms with E-state index in [9.17, 15) is 13.2 Å². The Kier molecular flexibility index (Phi) is 7.49. The van der Waals surface area contributed by atoms with Gasteiger partial charge in [0.1, 0.15) is 10.7 Å².